The summed E-state index contributed by atoms with van der Waals surface area (Å²) >= 11 is 0. The number of aromatic nitrogens is 3. The SMILES string of the molecule is [C-]#[N+]c1ccc2c(n1)c(N1CC[C@@H](Oc3cccc(C(F)(F)F)c3)[C@H](OCC)C1)nc(=O)n2C. The minimum absolute atomic E-state index is 0.110. The number of aryl methyl sites for hydroxylation is 1. The number of benzene rings is 1. The van der Waals surface area contributed by atoms with Gasteiger partial charge in [0.25, 0.3) is 5.82 Å². The van der Waals surface area contributed by atoms with Crippen LogP contribution in [0.5, 0.6) is 5.75 Å². The molecule has 0 bridgehead atoms. The molecule has 0 amide bonds. The third kappa shape index (κ3) is 4.68. The van der Waals surface area contributed by atoms with E-state index in [0.717, 1.165) is 12.1 Å². The highest BCUT2D eigenvalue weighted by molar-refractivity contribution is 5.87. The lowest BCUT2D eigenvalue weighted by atomic mass is 10.0. The molecule has 3 heterocycles. The van der Waals surface area contributed by atoms with Gasteiger partial charge < -0.3 is 19.2 Å². The fourth-order valence-electron chi connectivity index (χ4n) is 4.00. The average molecular weight is 473 g/mol. The zero-order chi connectivity index (χ0) is 24.5. The summed E-state index contributed by atoms with van der Waals surface area (Å²) in [6.45, 7) is 10.1. The Balaban J connectivity index is 1.63. The van der Waals surface area contributed by atoms with E-state index < -0.39 is 29.6 Å². The number of hydrogen-bond acceptors (Lipinski definition) is 6. The summed E-state index contributed by atoms with van der Waals surface area (Å²) in [5.74, 6) is 0.627. The normalized spacial score (nSPS) is 18.6. The van der Waals surface area contributed by atoms with E-state index in [-0.39, 0.29) is 18.1 Å². The lowest BCUT2D eigenvalue weighted by Gasteiger charge is -2.38. The summed E-state index contributed by atoms with van der Waals surface area (Å²) in [6, 6.07) is 7.95. The Labute approximate surface area is 193 Å². The first-order chi connectivity index (χ1) is 16.2. The van der Waals surface area contributed by atoms with Crippen LogP contribution in [0.25, 0.3) is 15.9 Å². The van der Waals surface area contributed by atoms with Crippen LogP contribution in [0.2, 0.25) is 0 Å². The number of ether oxygens (including phenoxy) is 2. The van der Waals surface area contributed by atoms with Crippen LogP contribution in [-0.4, -0.2) is 46.4 Å². The summed E-state index contributed by atoms with van der Waals surface area (Å²) in [4.78, 5) is 26.2. The molecule has 2 atom stereocenters. The van der Waals surface area contributed by atoms with Gasteiger partial charge in [-0.25, -0.2) is 4.79 Å². The minimum atomic E-state index is -4.47. The summed E-state index contributed by atoms with van der Waals surface area (Å²) in [5.41, 5.74) is -0.288. The van der Waals surface area contributed by atoms with E-state index in [1.54, 1.807) is 13.1 Å². The maximum absolute atomic E-state index is 13.1. The smallest absolute Gasteiger partial charge is 0.416 e. The van der Waals surface area contributed by atoms with Crippen molar-refractivity contribution < 1.29 is 22.6 Å². The standard InChI is InChI=1S/C23H22F3N5O3/c1-4-33-18-13-31(11-10-17(18)34-15-7-5-6-14(12-15)23(24,25)26)21-20-16(30(3)22(32)29-21)8-9-19(27-2)28-20/h5-9,12,17-18H,4,10-11,13H2,1,3H3/t17-,18-/m1/s1. The number of nitrogens with zero attached hydrogens (tertiary/aromatic N) is 5. The number of piperidine rings is 1. The Morgan fingerprint density at radius 3 is 2.71 bits per heavy atom. The second kappa shape index (κ2) is 9.30. The monoisotopic (exact) mass is 473 g/mol. The van der Waals surface area contributed by atoms with Crippen LogP contribution >= 0.6 is 0 Å². The Morgan fingerprint density at radius 2 is 2.00 bits per heavy atom. The molecule has 34 heavy (non-hydrogen) atoms. The molecular weight excluding hydrogens is 451 g/mol. The summed E-state index contributed by atoms with van der Waals surface area (Å²) in [7, 11) is 1.58. The molecule has 3 aromatic rings. The van der Waals surface area contributed by atoms with Crippen LogP contribution in [0.1, 0.15) is 18.9 Å². The molecule has 11 heteroatoms. The van der Waals surface area contributed by atoms with Gasteiger partial charge in [-0.1, -0.05) is 12.6 Å². The van der Waals surface area contributed by atoms with Gasteiger partial charge in [0.05, 0.1) is 11.1 Å². The lowest BCUT2D eigenvalue weighted by molar-refractivity contribution is -0.137. The molecule has 0 aliphatic carbocycles. The fourth-order valence-corrected chi connectivity index (χ4v) is 4.00. The van der Waals surface area contributed by atoms with Gasteiger partial charge in [0.1, 0.15) is 18.0 Å². The van der Waals surface area contributed by atoms with Gasteiger partial charge in [0, 0.05) is 33.2 Å². The number of fused-ring (bicyclic) bond motifs is 1. The van der Waals surface area contributed by atoms with Crippen molar-refractivity contribution in [3.63, 3.8) is 0 Å². The van der Waals surface area contributed by atoms with Crippen LogP contribution in [0, 0.1) is 6.57 Å². The number of hydrogen-bond donors (Lipinski definition) is 0. The zero-order valence-electron chi connectivity index (χ0n) is 18.5. The van der Waals surface area contributed by atoms with Gasteiger partial charge in [-0.2, -0.15) is 18.2 Å². The number of alkyl halides is 3. The fraction of sp³-hybridized carbons (Fsp3) is 0.391. The molecule has 1 fully saturated rings. The molecule has 0 unspecified atom stereocenters. The van der Waals surface area contributed by atoms with E-state index in [2.05, 4.69) is 14.8 Å². The quantitative estimate of drug-likeness (QED) is 0.523. The highest BCUT2D eigenvalue weighted by Gasteiger charge is 2.35. The van der Waals surface area contributed by atoms with E-state index in [1.165, 1.54) is 22.8 Å². The van der Waals surface area contributed by atoms with Gasteiger partial charge in [-0.3, -0.25) is 4.57 Å². The second-order valence-electron chi connectivity index (χ2n) is 7.84. The number of pyridine rings is 1. The Hall–Kier alpha value is -3.65. The maximum Gasteiger partial charge on any atom is 0.416 e. The molecule has 8 nitrogen and oxygen atoms in total. The summed E-state index contributed by atoms with van der Waals surface area (Å²) < 4.78 is 52.4. The first-order valence-corrected chi connectivity index (χ1v) is 10.7. The highest BCUT2D eigenvalue weighted by atomic mass is 19.4. The third-order valence-corrected chi connectivity index (χ3v) is 5.66. The van der Waals surface area contributed by atoms with E-state index in [4.69, 9.17) is 16.0 Å². The first-order valence-electron chi connectivity index (χ1n) is 10.7. The molecule has 1 aliphatic heterocycles. The van der Waals surface area contributed by atoms with Crippen LogP contribution in [0.3, 0.4) is 0 Å². The van der Waals surface area contributed by atoms with E-state index in [1.807, 2.05) is 11.8 Å². The molecule has 0 N–H and O–H groups in total. The van der Waals surface area contributed by atoms with Crippen LogP contribution < -0.4 is 15.3 Å². The minimum Gasteiger partial charge on any atom is -0.488 e. The Kier molecular flexibility index (Phi) is 6.43. The van der Waals surface area contributed by atoms with Gasteiger partial charge in [0.15, 0.2) is 5.82 Å². The van der Waals surface area contributed by atoms with Crippen molar-refractivity contribution >= 4 is 22.7 Å². The van der Waals surface area contributed by atoms with Crippen LogP contribution in [0.4, 0.5) is 24.8 Å². The maximum atomic E-state index is 13.1. The Morgan fingerprint density at radius 1 is 1.21 bits per heavy atom. The third-order valence-electron chi connectivity index (χ3n) is 5.66. The van der Waals surface area contributed by atoms with Crippen LogP contribution in [-0.2, 0) is 18.0 Å². The molecular formula is C23H22F3N5O3. The topological polar surface area (TPSA) is 73.8 Å². The van der Waals surface area contributed by atoms with Crippen molar-refractivity contribution in [3.05, 3.63) is 63.9 Å². The molecule has 4 rings (SSSR count). The van der Waals surface area contributed by atoms with Crippen molar-refractivity contribution in [1.82, 2.24) is 14.5 Å². The molecule has 1 aromatic carbocycles. The van der Waals surface area contributed by atoms with Crippen LogP contribution in [0.15, 0.2) is 41.2 Å². The first kappa shape index (κ1) is 23.5. The largest absolute Gasteiger partial charge is 0.488 e. The van der Waals surface area contributed by atoms with Gasteiger partial charge in [-0.15, -0.1) is 4.98 Å². The second-order valence-corrected chi connectivity index (χ2v) is 7.84. The molecule has 1 saturated heterocycles. The molecule has 0 spiro atoms. The predicted molar refractivity (Wildman–Crippen MR) is 119 cm³/mol. The van der Waals surface area contributed by atoms with Gasteiger partial charge in [0.2, 0.25) is 5.52 Å². The van der Waals surface area contributed by atoms with Crippen molar-refractivity contribution in [2.45, 2.75) is 31.7 Å². The van der Waals surface area contributed by atoms with Crippen molar-refractivity contribution in [2.24, 2.45) is 7.05 Å². The van der Waals surface area contributed by atoms with Crippen molar-refractivity contribution in [1.29, 1.82) is 0 Å². The molecule has 2 aromatic heterocycles. The Bertz CT molecular complexity index is 1300. The number of rotatable bonds is 5. The van der Waals surface area contributed by atoms with E-state index in [0.29, 0.717) is 36.4 Å². The summed E-state index contributed by atoms with van der Waals surface area (Å²) in [6.07, 6.45) is -5.03. The van der Waals surface area contributed by atoms with Crippen molar-refractivity contribution in [2.75, 3.05) is 24.6 Å². The zero-order valence-corrected chi connectivity index (χ0v) is 18.5. The van der Waals surface area contributed by atoms with Gasteiger partial charge in [-0.05, 0) is 37.3 Å². The number of halogens is 3. The average Bonchev–Trinajstić information content (AvgIpc) is 2.82. The van der Waals surface area contributed by atoms with E-state index in [9.17, 15) is 18.0 Å². The molecule has 0 saturated carbocycles. The number of anilines is 1. The predicted octanol–water partition coefficient (Wildman–Crippen LogP) is 3.96. The highest BCUT2D eigenvalue weighted by Crippen LogP contribution is 2.33. The lowest BCUT2D eigenvalue weighted by Crippen LogP contribution is -2.51. The van der Waals surface area contributed by atoms with Crippen molar-refractivity contribution in [3.8, 4) is 5.75 Å². The molecule has 178 valence electrons. The molecule has 1 aliphatic rings. The van der Waals surface area contributed by atoms with E-state index >= 15 is 0 Å². The molecule has 0 radical (unpaired) electrons. The summed E-state index contributed by atoms with van der Waals surface area (Å²) in [5, 5.41) is 0. The van der Waals surface area contributed by atoms with Gasteiger partial charge >= 0.3 is 11.9 Å².